The van der Waals surface area contributed by atoms with E-state index in [1.54, 1.807) is 0 Å². The molecule has 0 aromatic heterocycles. The predicted octanol–water partition coefficient (Wildman–Crippen LogP) is 4.20. The van der Waals surface area contributed by atoms with Gasteiger partial charge in [-0.25, -0.2) is 0 Å². The lowest BCUT2D eigenvalue weighted by Gasteiger charge is -2.20. The third-order valence-electron chi connectivity index (χ3n) is 2.91. The van der Waals surface area contributed by atoms with Gasteiger partial charge in [-0.15, -0.1) is 11.8 Å². The maximum Gasteiger partial charge on any atom is 0.0736 e. The summed E-state index contributed by atoms with van der Waals surface area (Å²) in [7, 11) is 0. The van der Waals surface area contributed by atoms with Crippen LogP contribution in [0, 0.1) is 6.92 Å². The summed E-state index contributed by atoms with van der Waals surface area (Å²) in [6.45, 7) is 2.17. The lowest BCUT2D eigenvalue weighted by atomic mass is 10.1. The molecule has 2 heteroatoms. The van der Waals surface area contributed by atoms with Crippen LogP contribution in [-0.4, -0.2) is 5.88 Å². The Morgan fingerprint density at radius 3 is 2.44 bits per heavy atom. The molecule has 0 fully saturated rings. The Hall–Kier alpha value is -1.41. The first-order valence-corrected chi connectivity index (χ1v) is 6.40. The molecule has 0 spiro atoms. The second-order valence-electron chi connectivity index (χ2n) is 3.96. The zero-order valence-electron chi connectivity index (χ0n) is 9.18. The molecule has 0 N–H and O–H groups in total. The van der Waals surface area contributed by atoms with Crippen LogP contribution in [-0.2, 0) is 0 Å². The van der Waals surface area contributed by atoms with Crippen molar-refractivity contribution in [2.75, 3.05) is 10.8 Å². The quantitative estimate of drug-likeness (QED) is 0.718. The number of nitrogens with zero attached hydrogens (tertiary/aromatic N) is 1. The van der Waals surface area contributed by atoms with Crippen LogP contribution < -0.4 is 4.90 Å². The number of benzene rings is 2. The fraction of sp³-hybridized carbons (Fsp3) is 0.143. The molecule has 2 aromatic carbocycles. The van der Waals surface area contributed by atoms with E-state index in [1.165, 1.54) is 21.8 Å². The van der Waals surface area contributed by atoms with E-state index in [9.17, 15) is 0 Å². The Balaban J connectivity index is 2.08. The van der Waals surface area contributed by atoms with E-state index in [2.05, 4.69) is 60.4 Å². The Labute approximate surface area is 100 Å². The van der Waals surface area contributed by atoms with Gasteiger partial charge in [0.25, 0.3) is 0 Å². The van der Waals surface area contributed by atoms with Crippen molar-refractivity contribution in [2.24, 2.45) is 0 Å². The van der Waals surface area contributed by atoms with Crippen molar-refractivity contribution < 1.29 is 0 Å². The molecule has 1 nitrogen and oxygen atoms in total. The fourth-order valence-corrected chi connectivity index (χ4v) is 3.12. The molecule has 0 atom stereocenters. The second-order valence-corrected chi connectivity index (χ2v) is 4.94. The fourth-order valence-electron chi connectivity index (χ4n) is 2.07. The molecular formula is C14H13NS. The number of aryl methyl sites for hydroxylation is 1. The van der Waals surface area contributed by atoms with Crippen LogP contribution in [0.15, 0.2) is 53.4 Å². The molecule has 0 radical (unpaired) electrons. The maximum atomic E-state index is 2.38. The number of fused-ring (bicyclic) bond motifs is 1. The lowest BCUT2D eigenvalue weighted by Crippen LogP contribution is -2.12. The van der Waals surface area contributed by atoms with E-state index in [1.807, 2.05) is 11.8 Å². The summed E-state index contributed by atoms with van der Waals surface area (Å²) in [6.07, 6.45) is 0. The molecule has 2 aromatic rings. The standard InChI is InChI=1S/C14H13NS/c1-11-6-2-3-7-12(11)15-10-16-14-9-5-4-8-13(14)15/h2-9H,10H2,1H3. The zero-order chi connectivity index (χ0) is 11.0. The third kappa shape index (κ3) is 1.50. The Morgan fingerprint density at radius 2 is 1.62 bits per heavy atom. The normalized spacial score (nSPS) is 13.9. The van der Waals surface area contributed by atoms with Crippen LogP contribution in [0.3, 0.4) is 0 Å². The first kappa shape index (κ1) is 9.79. The summed E-state index contributed by atoms with van der Waals surface area (Å²) in [5.74, 6) is 1.02. The Morgan fingerprint density at radius 1 is 0.938 bits per heavy atom. The second kappa shape index (κ2) is 3.87. The monoisotopic (exact) mass is 227 g/mol. The molecule has 0 amide bonds. The molecule has 1 heterocycles. The van der Waals surface area contributed by atoms with Crippen LogP contribution in [0.2, 0.25) is 0 Å². The van der Waals surface area contributed by atoms with Gasteiger partial charge in [-0.1, -0.05) is 30.3 Å². The molecule has 0 bridgehead atoms. The Kier molecular flexibility index (Phi) is 2.37. The third-order valence-corrected chi connectivity index (χ3v) is 3.95. The summed E-state index contributed by atoms with van der Waals surface area (Å²) in [5.41, 5.74) is 3.99. The molecule has 1 aliphatic rings. The van der Waals surface area contributed by atoms with Gasteiger partial charge in [-0.2, -0.15) is 0 Å². The van der Waals surface area contributed by atoms with Crippen molar-refractivity contribution in [1.82, 2.24) is 0 Å². The average molecular weight is 227 g/mol. The number of hydrogen-bond acceptors (Lipinski definition) is 2. The molecule has 0 aliphatic carbocycles. The van der Waals surface area contributed by atoms with Gasteiger partial charge in [0.2, 0.25) is 0 Å². The first-order chi connectivity index (χ1) is 7.86. The van der Waals surface area contributed by atoms with Crippen molar-refractivity contribution in [3.63, 3.8) is 0 Å². The van der Waals surface area contributed by atoms with E-state index < -0.39 is 0 Å². The van der Waals surface area contributed by atoms with Crippen LogP contribution in [0.5, 0.6) is 0 Å². The van der Waals surface area contributed by atoms with Gasteiger partial charge in [-0.05, 0) is 30.7 Å². The van der Waals surface area contributed by atoms with Crippen LogP contribution >= 0.6 is 11.8 Å². The molecule has 16 heavy (non-hydrogen) atoms. The highest BCUT2D eigenvalue weighted by Gasteiger charge is 2.20. The topological polar surface area (TPSA) is 3.24 Å². The van der Waals surface area contributed by atoms with Crippen LogP contribution in [0.25, 0.3) is 0 Å². The van der Waals surface area contributed by atoms with Gasteiger partial charge in [-0.3, -0.25) is 0 Å². The summed E-state index contributed by atoms with van der Waals surface area (Å²) >= 11 is 1.91. The minimum atomic E-state index is 1.02. The summed E-state index contributed by atoms with van der Waals surface area (Å²) in [5, 5.41) is 0. The smallest absolute Gasteiger partial charge is 0.0736 e. The van der Waals surface area contributed by atoms with Crippen molar-refractivity contribution in [3.8, 4) is 0 Å². The average Bonchev–Trinajstić information content (AvgIpc) is 2.74. The van der Waals surface area contributed by atoms with Crippen molar-refractivity contribution >= 4 is 23.1 Å². The largest absolute Gasteiger partial charge is 0.330 e. The number of rotatable bonds is 1. The zero-order valence-corrected chi connectivity index (χ0v) is 10.00. The number of hydrogen-bond donors (Lipinski definition) is 0. The van der Waals surface area contributed by atoms with Crippen LogP contribution in [0.1, 0.15) is 5.56 Å². The van der Waals surface area contributed by atoms with Gasteiger partial charge in [0, 0.05) is 10.6 Å². The molecule has 1 aliphatic heterocycles. The van der Waals surface area contributed by atoms with Crippen molar-refractivity contribution in [1.29, 1.82) is 0 Å². The van der Waals surface area contributed by atoms with Crippen molar-refractivity contribution in [2.45, 2.75) is 11.8 Å². The van der Waals surface area contributed by atoms with Gasteiger partial charge < -0.3 is 4.90 Å². The highest BCUT2D eigenvalue weighted by molar-refractivity contribution is 7.99. The van der Waals surface area contributed by atoms with E-state index in [-0.39, 0.29) is 0 Å². The molecular weight excluding hydrogens is 214 g/mol. The van der Waals surface area contributed by atoms with Gasteiger partial charge in [0.05, 0.1) is 11.6 Å². The number of anilines is 2. The molecule has 0 saturated heterocycles. The first-order valence-electron chi connectivity index (χ1n) is 5.41. The molecule has 0 unspecified atom stereocenters. The van der Waals surface area contributed by atoms with Crippen LogP contribution in [0.4, 0.5) is 11.4 Å². The maximum absolute atomic E-state index is 2.38. The summed E-state index contributed by atoms with van der Waals surface area (Å²) < 4.78 is 0. The van der Waals surface area contributed by atoms with Gasteiger partial charge in [0.15, 0.2) is 0 Å². The summed E-state index contributed by atoms with van der Waals surface area (Å²) in [4.78, 5) is 3.76. The lowest BCUT2D eigenvalue weighted by molar-refractivity contribution is 1.16. The number of para-hydroxylation sites is 2. The molecule has 80 valence electrons. The molecule has 3 rings (SSSR count). The Bertz CT molecular complexity index is 522. The van der Waals surface area contributed by atoms with Gasteiger partial charge in [0.1, 0.15) is 0 Å². The highest BCUT2D eigenvalue weighted by atomic mass is 32.2. The summed E-state index contributed by atoms with van der Waals surface area (Å²) in [6, 6.07) is 17.2. The predicted molar refractivity (Wildman–Crippen MR) is 70.5 cm³/mol. The SMILES string of the molecule is Cc1ccccc1N1CSc2ccccc21. The van der Waals surface area contributed by atoms with E-state index in [0.717, 1.165) is 5.88 Å². The van der Waals surface area contributed by atoms with E-state index in [0.29, 0.717) is 0 Å². The minimum Gasteiger partial charge on any atom is -0.330 e. The van der Waals surface area contributed by atoms with Gasteiger partial charge >= 0.3 is 0 Å². The van der Waals surface area contributed by atoms with E-state index >= 15 is 0 Å². The highest BCUT2D eigenvalue weighted by Crippen LogP contribution is 2.43. The molecule has 0 saturated carbocycles. The van der Waals surface area contributed by atoms with E-state index in [4.69, 9.17) is 0 Å². The minimum absolute atomic E-state index is 1.02. The van der Waals surface area contributed by atoms with Crippen molar-refractivity contribution in [3.05, 3.63) is 54.1 Å². The number of thioether (sulfide) groups is 1.